The van der Waals surface area contributed by atoms with Crippen LogP contribution in [0.3, 0.4) is 0 Å². The highest BCUT2D eigenvalue weighted by Gasteiger charge is 2.28. The Morgan fingerprint density at radius 2 is 2.03 bits per heavy atom. The van der Waals surface area contributed by atoms with Gasteiger partial charge in [-0.15, -0.1) is 11.8 Å². The summed E-state index contributed by atoms with van der Waals surface area (Å²) >= 11 is 3.33. The topological polar surface area (TPSA) is 65.9 Å². The number of nitrogens with zero attached hydrogens (tertiary/aromatic N) is 3. The van der Waals surface area contributed by atoms with Crippen LogP contribution in [0.15, 0.2) is 70.6 Å². The van der Waals surface area contributed by atoms with E-state index in [2.05, 4.69) is 64.6 Å². The van der Waals surface area contributed by atoms with Crippen LogP contribution in [-0.2, 0) is 0 Å². The lowest BCUT2D eigenvalue weighted by Crippen LogP contribution is -2.35. The number of carboxylic acids is 1. The molecule has 4 rings (SSSR count). The zero-order valence-corrected chi connectivity index (χ0v) is 21.2. The first-order valence-corrected chi connectivity index (χ1v) is 13.3. The highest BCUT2D eigenvalue weighted by Crippen LogP contribution is 2.46. The maximum atomic E-state index is 11.4. The highest BCUT2D eigenvalue weighted by molar-refractivity contribution is 7.98. The third-order valence-corrected chi connectivity index (χ3v) is 7.71. The third kappa shape index (κ3) is 5.51. The Morgan fingerprint density at radius 1 is 1.24 bits per heavy atom. The molecule has 2 aromatic carbocycles. The molecule has 0 radical (unpaired) electrons. The number of rotatable bonds is 8. The van der Waals surface area contributed by atoms with E-state index < -0.39 is 5.97 Å². The number of para-hydroxylation sites is 1. The van der Waals surface area contributed by atoms with Crippen LogP contribution in [0.5, 0.6) is 11.6 Å². The van der Waals surface area contributed by atoms with E-state index >= 15 is 0 Å². The number of hydrogen-bond acceptors (Lipinski definition) is 7. The number of carboxylic acid groups (broad SMARTS) is 1. The maximum Gasteiger partial charge on any atom is 0.335 e. The summed E-state index contributed by atoms with van der Waals surface area (Å²) in [5.41, 5.74) is 2.46. The van der Waals surface area contributed by atoms with Crippen LogP contribution in [0.4, 0.5) is 11.4 Å². The molecule has 1 aromatic heterocycles. The van der Waals surface area contributed by atoms with E-state index in [1.165, 1.54) is 31.2 Å². The predicted octanol–water partition coefficient (Wildman–Crippen LogP) is 6.94. The molecule has 0 aliphatic carbocycles. The first kappa shape index (κ1) is 24.4. The van der Waals surface area contributed by atoms with E-state index in [1.807, 2.05) is 12.3 Å². The van der Waals surface area contributed by atoms with Crippen LogP contribution < -0.4 is 9.64 Å². The number of carbonyl (C=O) groups is 1. The van der Waals surface area contributed by atoms with Crippen molar-refractivity contribution in [2.45, 2.75) is 42.0 Å². The van der Waals surface area contributed by atoms with E-state index in [-0.39, 0.29) is 11.4 Å². The third-order valence-electron chi connectivity index (χ3n) is 5.84. The summed E-state index contributed by atoms with van der Waals surface area (Å²) in [6.45, 7) is 3.13. The Bertz CT molecular complexity index is 1140. The first-order chi connectivity index (χ1) is 16.5. The normalized spacial score (nSPS) is 16.1. The molecule has 178 valence electrons. The van der Waals surface area contributed by atoms with Crippen LogP contribution in [0.1, 0.15) is 36.5 Å². The molecule has 2 heterocycles. The number of fused-ring (bicyclic) bond motifs is 1. The molecule has 0 saturated heterocycles. The highest BCUT2D eigenvalue weighted by atomic mass is 32.2. The summed E-state index contributed by atoms with van der Waals surface area (Å²) in [4.78, 5) is 20.1. The van der Waals surface area contributed by atoms with Gasteiger partial charge in [0.05, 0.1) is 21.0 Å². The van der Waals surface area contributed by atoms with E-state index in [0.29, 0.717) is 11.8 Å². The van der Waals surface area contributed by atoms with Crippen molar-refractivity contribution in [1.29, 1.82) is 0 Å². The summed E-state index contributed by atoms with van der Waals surface area (Å²) in [6, 6.07) is 18.0. The average molecular weight is 496 g/mol. The molecule has 3 aromatic rings. The van der Waals surface area contributed by atoms with Crippen LogP contribution in [0.25, 0.3) is 0 Å². The van der Waals surface area contributed by atoms with Crippen LogP contribution in [0.2, 0.25) is 0 Å². The molecule has 1 aliphatic heterocycles. The predicted molar refractivity (Wildman–Crippen MR) is 140 cm³/mol. The molecule has 0 saturated carbocycles. The van der Waals surface area contributed by atoms with Crippen molar-refractivity contribution in [2.75, 3.05) is 24.7 Å². The lowest BCUT2D eigenvalue weighted by atomic mass is 10.1. The number of thioether (sulfide) groups is 1. The number of likely N-dealkylation sites (N-methyl/N-ethyl adjacent to an activating group) is 1. The fourth-order valence-corrected chi connectivity index (χ4v) is 5.57. The number of aromatic nitrogens is 1. The molecular weight excluding hydrogens is 466 g/mol. The van der Waals surface area contributed by atoms with Crippen LogP contribution in [0, 0.1) is 0 Å². The summed E-state index contributed by atoms with van der Waals surface area (Å²) < 4.78 is 8.47. The van der Waals surface area contributed by atoms with Gasteiger partial charge in [-0.1, -0.05) is 38.0 Å². The van der Waals surface area contributed by atoms with Gasteiger partial charge < -0.3 is 14.7 Å². The van der Waals surface area contributed by atoms with Gasteiger partial charge in [0.25, 0.3) is 0 Å². The minimum atomic E-state index is -1.01. The molecule has 6 nitrogen and oxygen atoms in total. The van der Waals surface area contributed by atoms with E-state index in [4.69, 9.17) is 4.74 Å². The molecule has 0 bridgehead atoms. The fraction of sp³-hybridized carbons (Fsp3) is 0.308. The number of unbranched alkanes of at least 4 members (excludes halogenated alkanes) is 1. The van der Waals surface area contributed by atoms with Crippen molar-refractivity contribution in [2.24, 2.45) is 0 Å². The van der Waals surface area contributed by atoms with Crippen LogP contribution >= 0.6 is 23.7 Å². The molecule has 8 heteroatoms. The van der Waals surface area contributed by atoms with Gasteiger partial charge in [-0.2, -0.15) is 0 Å². The second-order valence-corrected chi connectivity index (χ2v) is 10.2. The number of anilines is 2. The van der Waals surface area contributed by atoms with Crippen molar-refractivity contribution >= 4 is 41.1 Å². The largest absolute Gasteiger partial charge is 0.478 e. The van der Waals surface area contributed by atoms with Crippen molar-refractivity contribution in [1.82, 2.24) is 9.29 Å². The second-order valence-electron chi connectivity index (χ2n) is 8.14. The number of hydrogen-bond donors (Lipinski definition) is 1. The van der Waals surface area contributed by atoms with E-state index in [9.17, 15) is 9.90 Å². The lowest BCUT2D eigenvalue weighted by molar-refractivity contribution is 0.0696. The van der Waals surface area contributed by atoms with Gasteiger partial charge >= 0.3 is 5.97 Å². The molecule has 0 fully saturated rings. The van der Waals surface area contributed by atoms with E-state index in [0.717, 1.165) is 34.1 Å². The number of ether oxygens (including phenoxy) is 1. The van der Waals surface area contributed by atoms with Gasteiger partial charge in [0, 0.05) is 30.5 Å². The van der Waals surface area contributed by atoms with Crippen molar-refractivity contribution in [3.63, 3.8) is 0 Å². The minimum absolute atomic E-state index is 0.147. The molecule has 0 spiro atoms. The summed E-state index contributed by atoms with van der Waals surface area (Å²) in [5, 5.41) is 9.32. The van der Waals surface area contributed by atoms with Crippen LogP contribution in [-0.4, -0.2) is 46.3 Å². The van der Waals surface area contributed by atoms with Crippen molar-refractivity contribution in [3.8, 4) is 11.6 Å². The van der Waals surface area contributed by atoms with E-state index in [1.54, 1.807) is 23.7 Å². The quantitative estimate of drug-likeness (QED) is 0.266. The number of benzene rings is 2. The van der Waals surface area contributed by atoms with Crippen molar-refractivity contribution < 1.29 is 14.6 Å². The molecular formula is C26H29N3O3S2. The second kappa shape index (κ2) is 11.2. The number of pyridine rings is 1. The van der Waals surface area contributed by atoms with Gasteiger partial charge in [-0.25, -0.2) is 14.1 Å². The Hall–Kier alpha value is -2.68. The lowest BCUT2D eigenvalue weighted by Gasteiger charge is -2.30. The Balaban J connectivity index is 1.76. The Morgan fingerprint density at radius 3 is 2.74 bits per heavy atom. The molecule has 1 atom stereocenters. The van der Waals surface area contributed by atoms with Gasteiger partial charge in [-0.3, -0.25) is 0 Å². The monoisotopic (exact) mass is 495 g/mol. The minimum Gasteiger partial charge on any atom is -0.478 e. The van der Waals surface area contributed by atoms with Gasteiger partial charge in [0.15, 0.2) is 0 Å². The summed E-state index contributed by atoms with van der Waals surface area (Å²) in [6.07, 6.45) is 6.96. The summed E-state index contributed by atoms with van der Waals surface area (Å²) in [5.74, 6) is -0.0712. The molecule has 34 heavy (non-hydrogen) atoms. The average Bonchev–Trinajstić information content (AvgIpc) is 2.98. The SMILES string of the molecule is CCCCC1CN(c2ccccc2)c2cc(SC)c(Oc3cc(C(=O)O)ccn3)cc2SN1C. The molecule has 1 unspecified atom stereocenters. The number of aromatic carboxylic acids is 1. The Labute approximate surface area is 209 Å². The Kier molecular flexibility index (Phi) is 8.03. The van der Waals surface area contributed by atoms with Gasteiger partial charge in [0.1, 0.15) is 5.75 Å². The standard InChI is InChI=1S/C26H29N3O3S2/c1-4-5-9-20-17-29(19-10-7-6-8-11-19)21-15-24(33-3)22(16-23(21)34-28(20)2)32-25-14-18(26(30)31)12-13-27-25/h6-8,10-16,20H,4-5,9,17H2,1-3H3,(H,30,31). The smallest absolute Gasteiger partial charge is 0.335 e. The molecule has 1 N–H and O–H groups in total. The fourth-order valence-electron chi connectivity index (χ4n) is 3.98. The molecule has 0 amide bonds. The first-order valence-electron chi connectivity index (χ1n) is 11.3. The molecule has 1 aliphatic rings. The van der Waals surface area contributed by atoms with Gasteiger partial charge in [0.2, 0.25) is 5.88 Å². The van der Waals surface area contributed by atoms with Gasteiger partial charge in [-0.05, 0) is 62.0 Å². The zero-order chi connectivity index (χ0) is 24.1. The zero-order valence-electron chi connectivity index (χ0n) is 19.6. The summed E-state index contributed by atoms with van der Waals surface area (Å²) in [7, 11) is 2.16. The maximum absolute atomic E-state index is 11.4. The van der Waals surface area contributed by atoms with Crippen molar-refractivity contribution in [3.05, 3.63) is 66.4 Å².